The quantitative estimate of drug-likeness (QED) is 0.865. The summed E-state index contributed by atoms with van der Waals surface area (Å²) in [5.74, 6) is 0.933. The van der Waals surface area contributed by atoms with Crippen LogP contribution in [0.1, 0.15) is 25.8 Å². The lowest BCUT2D eigenvalue weighted by atomic mass is 9.99. The molecule has 2 N–H and O–H groups in total. The average molecular weight is 278 g/mol. The predicted molar refractivity (Wildman–Crippen MR) is 80.9 cm³/mol. The highest BCUT2D eigenvalue weighted by Gasteiger charge is 2.29. The van der Waals surface area contributed by atoms with E-state index in [2.05, 4.69) is 30.9 Å². The molecule has 0 amide bonds. The first-order valence-electron chi connectivity index (χ1n) is 7.45. The molecule has 0 saturated carbocycles. The Kier molecular flexibility index (Phi) is 5.40. The van der Waals surface area contributed by atoms with E-state index in [0.29, 0.717) is 0 Å². The lowest BCUT2D eigenvalue weighted by molar-refractivity contribution is -0.0142. The van der Waals surface area contributed by atoms with E-state index in [1.54, 1.807) is 0 Å². The van der Waals surface area contributed by atoms with Gasteiger partial charge in [-0.1, -0.05) is 19.1 Å². The fourth-order valence-corrected chi connectivity index (χ4v) is 2.56. The predicted octanol–water partition coefficient (Wildman–Crippen LogP) is 2.02. The van der Waals surface area contributed by atoms with Gasteiger partial charge in [-0.05, 0) is 31.0 Å². The zero-order chi connectivity index (χ0) is 14.4. The standard InChI is InChI=1S/C16H26N2O2/c1-3-9-20-15-6-4-5-14(12-15)13-16(2,17)18-7-10-19-11-8-18/h4-6,12H,3,7-11,13,17H2,1-2H3. The summed E-state index contributed by atoms with van der Waals surface area (Å²) in [5, 5.41) is 0. The number of nitrogens with zero attached hydrogens (tertiary/aromatic N) is 1. The van der Waals surface area contributed by atoms with Gasteiger partial charge in [0.05, 0.1) is 25.5 Å². The molecule has 4 heteroatoms. The molecule has 0 bridgehead atoms. The molecule has 1 atom stereocenters. The van der Waals surface area contributed by atoms with Crippen LogP contribution in [0, 0.1) is 0 Å². The summed E-state index contributed by atoms with van der Waals surface area (Å²) >= 11 is 0. The molecular weight excluding hydrogens is 252 g/mol. The van der Waals surface area contributed by atoms with Crippen LogP contribution in [-0.2, 0) is 11.2 Å². The van der Waals surface area contributed by atoms with Crippen molar-refractivity contribution in [1.82, 2.24) is 4.90 Å². The van der Waals surface area contributed by atoms with Gasteiger partial charge in [0.15, 0.2) is 0 Å². The maximum Gasteiger partial charge on any atom is 0.119 e. The highest BCUT2D eigenvalue weighted by Crippen LogP contribution is 2.20. The van der Waals surface area contributed by atoms with Crippen LogP contribution >= 0.6 is 0 Å². The fraction of sp³-hybridized carbons (Fsp3) is 0.625. The van der Waals surface area contributed by atoms with Gasteiger partial charge in [-0.25, -0.2) is 0 Å². The lowest BCUT2D eigenvalue weighted by Gasteiger charge is -2.40. The highest BCUT2D eigenvalue weighted by molar-refractivity contribution is 5.29. The van der Waals surface area contributed by atoms with Crippen LogP contribution in [0.25, 0.3) is 0 Å². The van der Waals surface area contributed by atoms with Crippen molar-refractivity contribution in [3.8, 4) is 5.75 Å². The summed E-state index contributed by atoms with van der Waals surface area (Å²) in [6, 6.07) is 8.25. The van der Waals surface area contributed by atoms with Crippen LogP contribution < -0.4 is 10.5 Å². The molecule has 0 radical (unpaired) electrons. The van der Waals surface area contributed by atoms with Gasteiger partial charge in [0, 0.05) is 19.5 Å². The minimum Gasteiger partial charge on any atom is -0.494 e. The molecule has 1 unspecified atom stereocenters. The molecule has 4 nitrogen and oxygen atoms in total. The largest absolute Gasteiger partial charge is 0.494 e. The van der Waals surface area contributed by atoms with E-state index in [9.17, 15) is 0 Å². The van der Waals surface area contributed by atoms with Crippen molar-refractivity contribution in [1.29, 1.82) is 0 Å². The highest BCUT2D eigenvalue weighted by atomic mass is 16.5. The number of benzene rings is 1. The van der Waals surface area contributed by atoms with E-state index >= 15 is 0 Å². The molecule has 0 aromatic heterocycles. The lowest BCUT2D eigenvalue weighted by Crippen LogP contribution is -2.58. The van der Waals surface area contributed by atoms with Crippen LogP contribution in [0.5, 0.6) is 5.75 Å². The SMILES string of the molecule is CCCOc1cccc(CC(C)(N)N2CCOCC2)c1. The Bertz CT molecular complexity index is 415. The molecule has 1 aliphatic rings. The minimum absolute atomic E-state index is 0.340. The summed E-state index contributed by atoms with van der Waals surface area (Å²) < 4.78 is 11.1. The monoisotopic (exact) mass is 278 g/mol. The Morgan fingerprint density at radius 1 is 1.35 bits per heavy atom. The number of rotatable bonds is 6. The summed E-state index contributed by atoms with van der Waals surface area (Å²) in [6.07, 6.45) is 1.84. The second kappa shape index (κ2) is 7.07. The summed E-state index contributed by atoms with van der Waals surface area (Å²) in [5.41, 5.74) is 7.38. The molecule has 112 valence electrons. The van der Waals surface area contributed by atoms with Gasteiger partial charge >= 0.3 is 0 Å². The van der Waals surface area contributed by atoms with Crippen molar-refractivity contribution in [2.75, 3.05) is 32.9 Å². The molecule has 1 fully saturated rings. The molecule has 1 saturated heterocycles. The Labute approximate surface area is 121 Å². The second-order valence-corrected chi connectivity index (χ2v) is 5.63. The van der Waals surface area contributed by atoms with Gasteiger partial charge in [0.25, 0.3) is 0 Å². The van der Waals surface area contributed by atoms with Gasteiger partial charge in [-0.2, -0.15) is 0 Å². The Balaban J connectivity index is 2.00. The van der Waals surface area contributed by atoms with E-state index < -0.39 is 0 Å². The molecular formula is C16H26N2O2. The number of ether oxygens (including phenoxy) is 2. The second-order valence-electron chi connectivity index (χ2n) is 5.63. The van der Waals surface area contributed by atoms with Crippen LogP contribution in [0.4, 0.5) is 0 Å². The van der Waals surface area contributed by atoms with Gasteiger partial charge in [0.2, 0.25) is 0 Å². The first-order chi connectivity index (χ1) is 9.62. The first-order valence-corrected chi connectivity index (χ1v) is 7.45. The number of nitrogens with two attached hydrogens (primary N) is 1. The summed E-state index contributed by atoms with van der Waals surface area (Å²) in [4.78, 5) is 2.30. The van der Waals surface area contributed by atoms with Crippen LogP contribution in [0.3, 0.4) is 0 Å². The van der Waals surface area contributed by atoms with Crippen molar-refractivity contribution in [2.45, 2.75) is 32.4 Å². The Hall–Kier alpha value is -1.10. The summed E-state index contributed by atoms with van der Waals surface area (Å²) in [7, 11) is 0. The molecule has 0 spiro atoms. The zero-order valence-electron chi connectivity index (χ0n) is 12.6. The third-order valence-electron chi connectivity index (χ3n) is 3.67. The first kappa shape index (κ1) is 15.3. The van der Waals surface area contributed by atoms with Crippen molar-refractivity contribution in [3.63, 3.8) is 0 Å². The fourth-order valence-electron chi connectivity index (χ4n) is 2.56. The van der Waals surface area contributed by atoms with E-state index in [-0.39, 0.29) is 5.66 Å². The minimum atomic E-state index is -0.340. The van der Waals surface area contributed by atoms with Crippen LogP contribution in [0.15, 0.2) is 24.3 Å². The van der Waals surface area contributed by atoms with Crippen molar-refractivity contribution in [3.05, 3.63) is 29.8 Å². The van der Waals surface area contributed by atoms with Crippen LogP contribution in [-0.4, -0.2) is 43.5 Å². The average Bonchev–Trinajstić information content (AvgIpc) is 2.46. The Morgan fingerprint density at radius 2 is 2.10 bits per heavy atom. The maximum atomic E-state index is 6.50. The van der Waals surface area contributed by atoms with Crippen molar-refractivity contribution < 1.29 is 9.47 Å². The molecule has 1 aromatic carbocycles. The van der Waals surface area contributed by atoms with E-state index in [4.69, 9.17) is 15.2 Å². The van der Waals surface area contributed by atoms with Crippen molar-refractivity contribution >= 4 is 0 Å². The molecule has 1 heterocycles. The third kappa shape index (κ3) is 4.20. The smallest absolute Gasteiger partial charge is 0.119 e. The topological polar surface area (TPSA) is 47.7 Å². The van der Waals surface area contributed by atoms with Gasteiger partial charge < -0.3 is 15.2 Å². The summed E-state index contributed by atoms with van der Waals surface area (Å²) in [6.45, 7) is 8.31. The number of hydrogen-bond donors (Lipinski definition) is 1. The maximum absolute atomic E-state index is 6.50. The van der Waals surface area contributed by atoms with Crippen LogP contribution in [0.2, 0.25) is 0 Å². The molecule has 1 aliphatic heterocycles. The normalized spacial score (nSPS) is 19.6. The van der Waals surface area contributed by atoms with Gasteiger partial charge in [0.1, 0.15) is 5.75 Å². The van der Waals surface area contributed by atoms with E-state index in [1.807, 2.05) is 12.1 Å². The van der Waals surface area contributed by atoms with E-state index in [0.717, 1.165) is 51.5 Å². The Morgan fingerprint density at radius 3 is 2.80 bits per heavy atom. The molecule has 2 rings (SSSR count). The zero-order valence-corrected chi connectivity index (χ0v) is 12.6. The number of hydrogen-bond acceptors (Lipinski definition) is 4. The molecule has 20 heavy (non-hydrogen) atoms. The van der Waals surface area contributed by atoms with Crippen molar-refractivity contribution in [2.24, 2.45) is 5.73 Å². The van der Waals surface area contributed by atoms with Gasteiger partial charge in [-0.15, -0.1) is 0 Å². The van der Waals surface area contributed by atoms with E-state index in [1.165, 1.54) is 5.56 Å². The molecule has 1 aromatic rings. The molecule has 0 aliphatic carbocycles. The number of morpholine rings is 1. The van der Waals surface area contributed by atoms with Gasteiger partial charge in [-0.3, -0.25) is 4.90 Å². The third-order valence-corrected chi connectivity index (χ3v) is 3.67.